The average Bonchev–Trinajstić information content (AvgIpc) is 2.32. The normalized spacial score (nSPS) is 11.4. The minimum Gasteiger partial charge on any atom is -0.355 e. The van der Waals surface area contributed by atoms with Crippen LogP contribution in [0.25, 0.3) is 0 Å². The molecule has 0 aliphatic rings. The Hall–Kier alpha value is -1.51. The summed E-state index contributed by atoms with van der Waals surface area (Å²) in [6, 6.07) is 0.376. The van der Waals surface area contributed by atoms with Crippen LogP contribution in [0, 0.1) is 0 Å². The van der Waals surface area contributed by atoms with Gasteiger partial charge < -0.3 is 10.3 Å². The molecular weight excluding hydrogens is 283 g/mol. The van der Waals surface area contributed by atoms with E-state index in [1.807, 2.05) is 6.92 Å². The van der Waals surface area contributed by atoms with E-state index >= 15 is 0 Å². The fraction of sp³-hybridized carbons (Fsp3) is 0.500. The van der Waals surface area contributed by atoms with Crippen LogP contribution in [0.4, 0.5) is 13.2 Å². The van der Waals surface area contributed by atoms with Crippen LogP contribution in [0.2, 0.25) is 0 Å². The van der Waals surface area contributed by atoms with Crippen molar-refractivity contribution in [1.82, 2.24) is 15.3 Å². The number of amides is 1. The Morgan fingerprint density at radius 2 is 2.21 bits per heavy atom. The summed E-state index contributed by atoms with van der Waals surface area (Å²) in [5.41, 5.74) is -2.17. The molecule has 1 heterocycles. The number of H-pyrrole nitrogens is 1. The summed E-state index contributed by atoms with van der Waals surface area (Å²) in [6.07, 6.45) is -3.93. The minimum atomic E-state index is -4.69. The number of nitrogens with one attached hydrogen (secondary N) is 2. The number of hydrogen-bond acceptors (Lipinski definition) is 4. The van der Waals surface area contributed by atoms with Crippen molar-refractivity contribution in [2.24, 2.45) is 0 Å². The Kier molecular flexibility index (Phi) is 5.40. The number of carbonyl (C=O) groups is 1. The molecule has 0 atom stereocenters. The van der Waals surface area contributed by atoms with Crippen molar-refractivity contribution in [3.8, 4) is 0 Å². The smallest absolute Gasteiger partial charge is 0.355 e. The number of alkyl halides is 3. The zero-order chi connectivity index (χ0) is 14.5. The molecule has 0 saturated carbocycles. The van der Waals surface area contributed by atoms with Gasteiger partial charge in [0, 0.05) is 12.6 Å². The van der Waals surface area contributed by atoms with Gasteiger partial charge in [0.05, 0.1) is 5.75 Å². The lowest BCUT2D eigenvalue weighted by molar-refractivity contribution is -0.141. The number of halogens is 3. The summed E-state index contributed by atoms with van der Waals surface area (Å²) in [7, 11) is 0. The number of aromatic nitrogens is 2. The van der Waals surface area contributed by atoms with E-state index in [1.54, 1.807) is 0 Å². The van der Waals surface area contributed by atoms with E-state index in [1.165, 1.54) is 0 Å². The molecular formula is C10H12F3N3O2S. The van der Waals surface area contributed by atoms with Gasteiger partial charge in [0.25, 0.3) is 5.56 Å². The summed E-state index contributed by atoms with van der Waals surface area (Å²) >= 11 is 0.745. The highest BCUT2D eigenvalue weighted by Crippen LogP contribution is 2.27. The standard InChI is InChI=1S/C10H12F3N3O2S/c1-2-3-14-8(18)5-19-9-15-6(10(11,12)13)4-7(17)16-9/h4H,2-3,5H2,1H3,(H,14,18)(H,15,16,17). The topological polar surface area (TPSA) is 74.8 Å². The largest absolute Gasteiger partial charge is 0.433 e. The zero-order valence-electron chi connectivity index (χ0n) is 10.0. The lowest BCUT2D eigenvalue weighted by atomic mass is 10.4. The van der Waals surface area contributed by atoms with Crippen LogP contribution in [0.15, 0.2) is 16.0 Å². The van der Waals surface area contributed by atoms with Crippen LogP contribution in [0.3, 0.4) is 0 Å². The monoisotopic (exact) mass is 295 g/mol. The number of nitrogens with zero attached hydrogens (tertiary/aromatic N) is 1. The molecule has 0 unspecified atom stereocenters. The molecule has 1 amide bonds. The van der Waals surface area contributed by atoms with Gasteiger partial charge in [-0.2, -0.15) is 13.2 Å². The van der Waals surface area contributed by atoms with Crippen LogP contribution >= 0.6 is 11.8 Å². The van der Waals surface area contributed by atoms with Gasteiger partial charge in [-0.15, -0.1) is 0 Å². The molecule has 0 aliphatic heterocycles. The molecule has 0 bridgehead atoms. The Balaban J connectivity index is 2.72. The van der Waals surface area contributed by atoms with E-state index in [0.29, 0.717) is 12.6 Å². The van der Waals surface area contributed by atoms with E-state index in [-0.39, 0.29) is 16.8 Å². The second kappa shape index (κ2) is 6.60. The fourth-order valence-corrected chi connectivity index (χ4v) is 1.80. The first-order valence-electron chi connectivity index (χ1n) is 5.41. The van der Waals surface area contributed by atoms with E-state index in [4.69, 9.17) is 0 Å². The lowest BCUT2D eigenvalue weighted by Gasteiger charge is -2.07. The summed E-state index contributed by atoms with van der Waals surface area (Å²) in [4.78, 5) is 27.7. The number of thioether (sulfide) groups is 1. The molecule has 5 nitrogen and oxygen atoms in total. The van der Waals surface area contributed by atoms with E-state index in [2.05, 4.69) is 15.3 Å². The van der Waals surface area contributed by atoms with Crippen molar-refractivity contribution in [2.75, 3.05) is 12.3 Å². The molecule has 0 aliphatic carbocycles. The van der Waals surface area contributed by atoms with Crippen molar-refractivity contribution in [3.63, 3.8) is 0 Å². The van der Waals surface area contributed by atoms with Gasteiger partial charge in [-0.1, -0.05) is 18.7 Å². The van der Waals surface area contributed by atoms with Crippen LogP contribution in [-0.4, -0.2) is 28.2 Å². The lowest BCUT2D eigenvalue weighted by Crippen LogP contribution is -2.26. The van der Waals surface area contributed by atoms with Crippen molar-refractivity contribution in [2.45, 2.75) is 24.7 Å². The summed E-state index contributed by atoms with van der Waals surface area (Å²) in [5.74, 6) is -0.434. The van der Waals surface area contributed by atoms with E-state index in [0.717, 1.165) is 18.2 Å². The van der Waals surface area contributed by atoms with Crippen molar-refractivity contribution in [1.29, 1.82) is 0 Å². The molecule has 2 N–H and O–H groups in total. The second-order valence-corrected chi connectivity index (χ2v) is 4.54. The number of hydrogen-bond donors (Lipinski definition) is 2. The average molecular weight is 295 g/mol. The van der Waals surface area contributed by atoms with Crippen molar-refractivity contribution < 1.29 is 18.0 Å². The molecule has 106 valence electrons. The molecule has 1 rings (SSSR count). The first-order valence-corrected chi connectivity index (χ1v) is 6.39. The van der Waals surface area contributed by atoms with Crippen LogP contribution in [0.1, 0.15) is 19.0 Å². The predicted octanol–water partition coefficient (Wildman–Crippen LogP) is 1.41. The number of rotatable bonds is 5. The van der Waals surface area contributed by atoms with Crippen LogP contribution in [0.5, 0.6) is 0 Å². The minimum absolute atomic E-state index is 0.107. The molecule has 0 radical (unpaired) electrons. The van der Waals surface area contributed by atoms with Gasteiger partial charge in [-0.05, 0) is 6.42 Å². The summed E-state index contributed by atoms with van der Waals surface area (Å²) in [6.45, 7) is 2.37. The van der Waals surface area contributed by atoms with Crippen molar-refractivity contribution >= 4 is 17.7 Å². The van der Waals surface area contributed by atoms with Crippen molar-refractivity contribution in [3.05, 3.63) is 22.1 Å². The van der Waals surface area contributed by atoms with Gasteiger partial charge in [0.2, 0.25) is 5.91 Å². The van der Waals surface area contributed by atoms with Gasteiger partial charge in [-0.25, -0.2) is 4.98 Å². The Morgan fingerprint density at radius 1 is 1.53 bits per heavy atom. The maximum atomic E-state index is 12.4. The third kappa shape index (κ3) is 5.33. The van der Waals surface area contributed by atoms with Gasteiger partial charge in [-0.3, -0.25) is 9.59 Å². The highest BCUT2D eigenvalue weighted by Gasteiger charge is 2.33. The Bertz CT molecular complexity index is 502. The highest BCUT2D eigenvalue weighted by molar-refractivity contribution is 7.99. The molecule has 1 aromatic heterocycles. The summed E-state index contributed by atoms with van der Waals surface area (Å²) in [5, 5.41) is 2.33. The third-order valence-corrected chi connectivity index (χ3v) is 2.80. The molecule has 9 heteroatoms. The van der Waals surface area contributed by atoms with Gasteiger partial charge in [0.1, 0.15) is 0 Å². The fourth-order valence-electron chi connectivity index (χ4n) is 1.10. The number of carbonyl (C=O) groups excluding carboxylic acids is 1. The van der Waals surface area contributed by atoms with E-state index in [9.17, 15) is 22.8 Å². The maximum absolute atomic E-state index is 12.4. The second-order valence-electron chi connectivity index (χ2n) is 3.57. The van der Waals surface area contributed by atoms with E-state index < -0.39 is 17.4 Å². The Morgan fingerprint density at radius 3 is 2.79 bits per heavy atom. The molecule has 19 heavy (non-hydrogen) atoms. The summed E-state index contributed by atoms with van der Waals surface area (Å²) < 4.78 is 37.2. The predicted molar refractivity (Wildman–Crippen MR) is 63.9 cm³/mol. The van der Waals surface area contributed by atoms with Crippen LogP contribution < -0.4 is 10.9 Å². The highest BCUT2D eigenvalue weighted by atomic mass is 32.2. The SMILES string of the molecule is CCCNC(=O)CSc1nc(C(F)(F)F)cc(=O)[nH]1. The number of aromatic amines is 1. The Labute approximate surface area is 111 Å². The first kappa shape index (κ1) is 15.5. The molecule has 1 aromatic rings. The molecule has 0 saturated heterocycles. The van der Waals surface area contributed by atoms with Gasteiger partial charge >= 0.3 is 6.18 Å². The maximum Gasteiger partial charge on any atom is 0.433 e. The third-order valence-electron chi connectivity index (χ3n) is 1.92. The molecule has 0 fully saturated rings. The van der Waals surface area contributed by atoms with Crippen LogP contribution in [-0.2, 0) is 11.0 Å². The van der Waals surface area contributed by atoms with Gasteiger partial charge in [0.15, 0.2) is 10.9 Å². The quantitative estimate of drug-likeness (QED) is 0.636. The zero-order valence-corrected chi connectivity index (χ0v) is 10.8. The molecule has 0 aromatic carbocycles. The first-order chi connectivity index (χ1) is 8.82. The molecule has 0 spiro atoms.